The highest BCUT2D eigenvalue weighted by Gasteiger charge is 2.33. The third-order valence-electron chi connectivity index (χ3n) is 10.7. The highest BCUT2D eigenvalue weighted by molar-refractivity contribution is 6.48. The molecule has 1 aliphatic heterocycles. The van der Waals surface area contributed by atoms with Crippen molar-refractivity contribution in [1.82, 2.24) is 0 Å². The number of ether oxygens (including phenoxy) is 1. The molecule has 0 aromatic heterocycles. The molecule has 3 aromatic carbocycles. The average Bonchev–Trinajstić information content (AvgIpc) is 3.03. The summed E-state index contributed by atoms with van der Waals surface area (Å²) in [6.07, 6.45) is 12.1. The molecular formula is C43H61NO3Si. The van der Waals surface area contributed by atoms with E-state index in [-0.39, 0.29) is 22.7 Å². The molecule has 3 aromatic rings. The van der Waals surface area contributed by atoms with Crippen LogP contribution in [0.5, 0.6) is 11.5 Å². The van der Waals surface area contributed by atoms with Crippen LogP contribution in [0.4, 0.5) is 5.69 Å². The first-order valence-corrected chi connectivity index (χ1v) is 21.5. The van der Waals surface area contributed by atoms with E-state index in [9.17, 15) is 4.79 Å². The maximum atomic E-state index is 13.9. The molecule has 2 atom stereocenters. The van der Waals surface area contributed by atoms with Gasteiger partial charge < -0.3 is 14.5 Å². The van der Waals surface area contributed by atoms with E-state index >= 15 is 0 Å². The van der Waals surface area contributed by atoms with Crippen LogP contribution in [0.3, 0.4) is 0 Å². The van der Waals surface area contributed by atoms with Gasteiger partial charge in [0.1, 0.15) is 11.5 Å². The van der Waals surface area contributed by atoms with Crippen LogP contribution >= 0.6 is 0 Å². The van der Waals surface area contributed by atoms with Gasteiger partial charge in [-0.2, -0.15) is 0 Å². The fraction of sp³-hybridized carbons (Fsp3) is 0.558. The standard InChI is InChI=1S/C43H61NO3Si/c1-42(2,3)32(28-40(47-48(7)8)31-18-10-9-11-19-31)20-16-17-30-25-26-36(43(4,5)6)37(27-30)44-41(45)29-35-33-21-12-14-23-38(33)46-39-24-15-13-22-34(35)39/h12-15,21-27,31-32,35,40,48H,9-11,16-20,28-29H2,1-8H3,(H,44,45). The second-order valence-electron chi connectivity index (χ2n) is 16.9. The van der Waals surface area contributed by atoms with Gasteiger partial charge in [0.05, 0.1) is 0 Å². The first-order valence-electron chi connectivity index (χ1n) is 18.7. The molecule has 1 fully saturated rings. The number of rotatable bonds is 12. The molecule has 1 aliphatic carbocycles. The molecule has 0 bridgehead atoms. The Morgan fingerprint density at radius 2 is 1.52 bits per heavy atom. The van der Waals surface area contributed by atoms with Crippen molar-refractivity contribution in [2.75, 3.05) is 5.32 Å². The predicted molar refractivity (Wildman–Crippen MR) is 204 cm³/mol. The van der Waals surface area contributed by atoms with Crippen LogP contribution in [-0.4, -0.2) is 21.1 Å². The highest BCUT2D eigenvalue weighted by Crippen LogP contribution is 2.46. The number of carbonyl (C=O) groups excluding carboxylic acids is 1. The lowest BCUT2D eigenvalue weighted by Gasteiger charge is -2.38. The number of anilines is 1. The Morgan fingerprint density at radius 1 is 0.896 bits per heavy atom. The van der Waals surface area contributed by atoms with E-state index in [0.29, 0.717) is 18.4 Å². The lowest BCUT2D eigenvalue weighted by molar-refractivity contribution is -0.116. The summed E-state index contributed by atoms with van der Waals surface area (Å²) >= 11 is 0. The quantitative estimate of drug-likeness (QED) is 0.196. The van der Waals surface area contributed by atoms with Gasteiger partial charge in [-0.25, -0.2) is 0 Å². The van der Waals surface area contributed by atoms with Crippen LogP contribution < -0.4 is 10.1 Å². The Kier molecular flexibility index (Phi) is 12.0. The van der Waals surface area contributed by atoms with E-state index in [1.807, 2.05) is 36.4 Å². The number of hydrogen-bond acceptors (Lipinski definition) is 3. The molecule has 5 heteroatoms. The van der Waals surface area contributed by atoms with Crippen molar-refractivity contribution in [2.45, 2.75) is 136 Å². The lowest BCUT2D eigenvalue weighted by Crippen LogP contribution is -2.35. The molecule has 1 saturated carbocycles. The van der Waals surface area contributed by atoms with Gasteiger partial charge >= 0.3 is 0 Å². The molecular weight excluding hydrogens is 607 g/mol. The molecule has 1 amide bonds. The third kappa shape index (κ3) is 9.41. The van der Waals surface area contributed by atoms with Crippen LogP contribution in [0.25, 0.3) is 0 Å². The van der Waals surface area contributed by atoms with Gasteiger partial charge in [0.15, 0.2) is 9.04 Å². The Hall–Kier alpha value is -2.89. The predicted octanol–water partition coefficient (Wildman–Crippen LogP) is 11.6. The molecule has 1 N–H and O–H groups in total. The van der Waals surface area contributed by atoms with Gasteiger partial charge in [-0.15, -0.1) is 0 Å². The van der Waals surface area contributed by atoms with Crippen LogP contribution in [0, 0.1) is 17.3 Å². The minimum absolute atomic E-state index is 0.0319. The van der Waals surface area contributed by atoms with Crippen molar-refractivity contribution in [3.05, 3.63) is 89.0 Å². The van der Waals surface area contributed by atoms with Crippen molar-refractivity contribution < 1.29 is 14.0 Å². The van der Waals surface area contributed by atoms with E-state index < -0.39 is 9.04 Å². The summed E-state index contributed by atoms with van der Waals surface area (Å²) in [7, 11) is -1.11. The second kappa shape index (κ2) is 15.8. The van der Waals surface area contributed by atoms with E-state index in [0.717, 1.165) is 47.1 Å². The number of benzene rings is 3. The third-order valence-corrected chi connectivity index (χ3v) is 11.6. The number of para-hydroxylation sites is 2. The molecule has 0 radical (unpaired) electrons. The molecule has 2 aliphatic rings. The summed E-state index contributed by atoms with van der Waals surface area (Å²) in [5.74, 6) is 3.00. The first kappa shape index (κ1) is 36.4. The summed E-state index contributed by atoms with van der Waals surface area (Å²) in [6, 6.07) is 23.0. The topological polar surface area (TPSA) is 47.6 Å². The normalized spacial score (nSPS) is 16.9. The molecule has 1 heterocycles. The number of hydrogen-bond donors (Lipinski definition) is 1. The minimum Gasteiger partial charge on any atom is -0.457 e. The SMILES string of the molecule is C[SiH](C)OC(CC(CCCc1ccc(C(C)(C)C)c(NC(=O)CC2c3ccccc3Oc3ccccc32)c1)C(C)(C)C)C1CCCCC1. The number of nitrogens with one attached hydrogen (secondary N) is 1. The summed E-state index contributed by atoms with van der Waals surface area (Å²) in [6.45, 7) is 18.6. The van der Waals surface area contributed by atoms with Gasteiger partial charge in [-0.3, -0.25) is 4.79 Å². The van der Waals surface area contributed by atoms with Gasteiger partial charge in [-0.05, 0) is 104 Å². The van der Waals surface area contributed by atoms with Crippen molar-refractivity contribution in [3.8, 4) is 11.5 Å². The Balaban J connectivity index is 1.29. The van der Waals surface area contributed by atoms with Crippen LogP contribution in [0.2, 0.25) is 13.1 Å². The number of amides is 1. The minimum atomic E-state index is -1.11. The van der Waals surface area contributed by atoms with Crippen molar-refractivity contribution in [2.24, 2.45) is 17.3 Å². The van der Waals surface area contributed by atoms with Crippen LogP contribution in [0.15, 0.2) is 66.7 Å². The van der Waals surface area contributed by atoms with E-state index in [2.05, 4.69) is 90.3 Å². The van der Waals surface area contributed by atoms with Crippen LogP contribution in [-0.2, 0) is 21.1 Å². The fourth-order valence-electron chi connectivity index (χ4n) is 8.07. The maximum absolute atomic E-state index is 13.9. The molecule has 2 unspecified atom stereocenters. The summed E-state index contributed by atoms with van der Waals surface area (Å²) < 4.78 is 13.0. The van der Waals surface area contributed by atoms with Crippen molar-refractivity contribution in [1.29, 1.82) is 0 Å². The second-order valence-corrected chi connectivity index (χ2v) is 19.3. The van der Waals surface area contributed by atoms with E-state index in [1.165, 1.54) is 56.1 Å². The number of fused-ring (bicyclic) bond motifs is 2. The zero-order valence-electron chi connectivity index (χ0n) is 31.0. The largest absolute Gasteiger partial charge is 0.457 e. The highest BCUT2D eigenvalue weighted by atomic mass is 28.3. The fourth-order valence-corrected chi connectivity index (χ4v) is 9.10. The van der Waals surface area contributed by atoms with Gasteiger partial charge in [0.2, 0.25) is 5.91 Å². The molecule has 260 valence electrons. The Labute approximate surface area is 293 Å². The number of carbonyl (C=O) groups is 1. The lowest BCUT2D eigenvalue weighted by atomic mass is 9.72. The Morgan fingerprint density at radius 3 is 2.10 bits per heavy atom. The maximum Gasteiger partial charge on any atom is 0.225 e. The van der Waals surface area contributed by atoms with Crippen LogP contribution in [0.1, 0.15) is 128 Å². The first-order chi connectivity index (χ1) is 22.8. The van der Waals surface area contributed by atoms with Gasteiger partial charge in [-0.1, -0.05) is 109 Å². The van der Waals surface area contributed by atoms with Gasteiger partial charge in [0.25, 0.3) is 0 Å². The van der Waals surface area contributed by atoms with Crippen molar-refractivity contribution in [3.63, 3.8) is 0 Å². The van der Waals surface area contributed by atoms with Crippen molar-refractivity contribution >= 4 is 20.6 Å². The summed E-state index contributed by atoms with van der Waals surface area (Å²) in [5.41, 5.74) is 5.69. The summed E-state index contributed by atoms with van der Waals surface area (Å²) in [4.78, 5) is 13.9. The molecule has 48 heavy (non-hydrogen) atoms. The summed E-state index contributed by atoms with van der Waals surface area (Å²) in [5, 5.41) is 3.38. The smallest absolute Gasteiger partial charge is 0.225 e. The average molecular weight is 668 g/mol. The van der Waals surface area contributed by atoms with E-state index in [1.54, 1.807) is 0 Å². The monoisotopic (exact) mass is 667 g/mol. The van der Waals surface area contributed by atoms with Gasteiger partial charge in [0, 0.05) is 35.3 Å². The molecule has 0 saturated heterocycles. The van der Waals surface area contributed by atoms with E-state index in [4.69, 9.17) is 9.16 Å². The Bertz CT molecular complexity index is 1470. The zero-order chi connectivity index (χ0) is 34.5. The number of aryl methyl sites for hydroxylation is 1. The molecule has 4 nitrogen and oxygen atoms in total. The molecule has 0 spiro atoms. The molecule has 5 rings (SSSR count). The zero-order valence-corrected chi connectivity index (χ0v) is 32.2.